The molecule has 0 fully saturated rings. The lowest BCUT2D eigenvalue weighted by Crippen LogP contribution is -2.10. The van der Waals surface area contributed by atoms with Gasteiger partial charge < -0.3 is 10.5 Å². The Kier molecular flexibility index (Phi) is 3.23. The Bertz CT molecular complexity index is 470. The third-order valence-corrected chi connectivity index (χ3v) is 2.65. The highest BCUT2D eigenvalue weighted by molar-refractivity contribution is 9.10. The monoisotopic (exact) mass is 265 g/mol. The SMILES string of the molecule is NCCOc1ccc2cc(Br)ccc2c1. The standard InChI is InChI=1S/C12H12BrNO/c13-11-3-1-10-8-12(15-6-5-14)4-2-9(10)7-11/h1-4,7-8H,5-6,14H2. The summed E-state index contributed by atoms with van der Waals surface area (Å²) in [5, 5.41) is 2.37. The van der Waals surface area contributed by atoms with Crippen molar-refractivity contribution >= 4 is 26.7 Å². The van der Waals surface area contributed by atoms with Gasteiger partial charge in [0, 0.05) is 11.0 Å². The van der Waals surface area contributed by atoms with E-state index >= 15 is 0 Å². The summed E-state index contributed by atoms with van der Waals surface area (Å²) in [6.45, 7) is 1.10. The third-order valence-electron chi connectivity index (χ3n) is 2.16. The van der Waals surface area contributed by atoms with E-state index in [-0.39, 0.29) is 0 Å². The van der Waals surface area contributed by atoms with Gasteiger partial charge in [0.2, 0.25) is 0 Å². The molecule has 15 heavy (non-hydrogen) atoms. The van der Waals surface area contributed by atoms with Gasteiger partial charge in [-0.3, -0.25) is 0 Å². The van der Waals surface area contributed by atoms with Crippen molar-refractivity contribution in [3.8, 4) is 5.75 Å². The zero-order chi connectivity index (χ0) is 10.7. The van der Waals surface area contributed by atoms with Crippen molar-refractivity contribution in [1.82, 2.24) is 0 Å². The van der Waals surface area contributed by atoms with E-state index in [0.29, 0.717) is 13.2 Å². The molecule has 0 bridgehead atoms. The number of nitrogens with two attached hydrogens (primary N) is 1. The molecule has 3 heteroatoms. The van der Waals surface area contributed by atoms with Gasteiger partial charge in [0.1, 0.15) is 12.4 Å². The van der Waals surface area contributed by atoms with Gasteiger partial charge in [0.15, 0.2) is 0 Å². The lowest BCUT2D eigenvalue weighted by molar-refractivity contribution is 0.329. The molecule has 0 saturated carbocycles. The number of rotatable bonds is 3. The van der Waals surface area contributed by atoms with Crippen LogP contribution >= 0.6 is 15.9 Å². The number of benzene rings is 2. The van der Waals surface area contributed by atoms with Crippen molar-refractivity contribution < 1.29 is 4.74 Å². The van der Waals surface area contributed by atoms with Crippen LogP contribution in [0, 0.1) is 0 Å². The first-order chi connectivity index (χ1) is 7.29. The Morgan fingerprint density at radius 3 is 2.60 bits per heavy atom. The molecule has 0 saturated heterocycles. The Hall–Kier alpha value is -1.06. The molecule has 2 N–H and O–H groups in total. The van der Waals surface area contributed by atoms with Gasteiger partial charge in [0.05, 0.1) is 0 Å². The van der Waals surface area contributed by atoms with Gasteiger partial charge in [0.25, 0.3) is 0 Å². The summed E-state index contributed by atoms with van der Waals surface area (Å²) in [5.74, 6) is 0.871. The molecule has 0 unspecified atom stereocenters. The number of ether oxygens (including phenoxy) is 1. The van der Waals surface area contributed by atoms with E-state index in [4.69, 9.17) is 10.5 Å². The highest BCUT2D eigenvalue weighted by atomic mass is 79.9. The predicted octanol–water partition coefficient (Wildman–Crippen LogP) is 2.94. The summed E-state index contributed by atoms with van der Waals surface area (Å²) in [6.07, 6.45) is 0. The van der Waals surface area contributed by atoms with Crippen molar-refractivity contribution in [3.63, 3.8) is 0 Å². The molecule has 78 valence electrons. The predicted molar refractivity (Wildman–Crippen MR) is 66.2 cm³/mol. The molecule has 0 aliphatic rings. The summed E-state index contributed by atoms with van der Waals surface area (Å²) >= 11 is 3.45. The fourth-order valence-corrected chi connectivity index (χ4v) is 1.84. The molecule has 0 heterocycles. The van der Waals surface area contributed by atoms with Gasteiger partial charge in [-0.05, 0) is 35.0 Å². The first kappa shape index (κ1) is 10.5. The molecule has 0 spiro atoms. The molecule has 0 aromatic heterocycles. The average Bonchev–Trinajstić information content (AvgIpc) is 2.26. The van der Waals surface area contributed by atoms with E-state index < -0.39 is 0 Å². The third kappa shape index (κ3) is 2.49. The molecular weight excluding hydrogens is 254 g/mol. The van der Waals surface area contributed by atoms with Crippen molar-refractivity contribution in [3.05, 3.63) is 40.9 Å². The molecule has 2 aromatic carbocycles. The molecule has 0 radical (unpaired) electrons. The normalized spacial score (nSPS) is 10.5. The zero-order valence-electron chi connectivity index (χ0n) is 8.24. The van der Waals surface area contributed by atoms with Crippen LogP contribution in [0.25, 0.3) is 10.8 Å². The maximum Gasteiger partial charge on any atom is 0.120 e. The van der Waals surface area contributed by atoms with E-state index in [9.17, 15) is 0 Å². The second-order valence-corrected chi connectivity index (χ2v) is 4.21. The smallest absolute Gasteiger partial charge is 0.120 e. The highest BCUT2D eigenvalue weighted by Crippen LogP contribution is 2.23. The molecule has 2 nitrogen and oxygen atoms in total. The first-order valence-corrected chi connectivity index (χ1v) is 5.61. The molecule has 0 aliphatic carbocycles. The van der Waals surface area contributed by atoms with Crippen molar-refractivity contribution in [2.45, 2.75) is 0 Å². The number of fused-ring (bicyclic) bond motifs is 1. The Morgan fingerprint density at radius 2 is 1.80 bits per heavy atom. The summed E-state index contributed by atoms with van der Waals surface area (Å²) in [4.78, 5) is 0. The molecule has 0 aliphatic heterocycles. The number of halogens is 1. The summed E-state index contributed by atoms with van der Waals surface area (Å²) in [7, 11) is 0. The van der Waals surface area contributed by atoms with Crippen molar-refractivity contribution in [2.75, 3.05) is 13.2 Å². The van der Waals surface area contributed by atoms with Crippen LogP contribution in [-0.2, 0) is 0 Å². The van der Waals surface area contributed by atoms with Gasteiger partial charge in [-0.25, -0.2) is 0 Å². The van der Waals surface area contributed by atoms with Gasteiger partial charge in [-0.2, -0.15) is 0 Å². The van der Waals surface area contributed by atoms with E-state index in [0.717, 1.165) is 10.2 Å². The van der Waals surface area contributed by atoms with Crippen molar-refractivity contribution in [1.29, 1.82) is 0 Å². The zero-order valence-corrected chi connectivity index (χ0v) is 9.83. The van der Waals surface area contributed by atoms with Gasteiger partial charge in [-0.1, -0.05) is 28.1 Å². The summed E-state index contributed by atoms with van der Waals surface area (Å²) in [5.41, 5.74) is 5.38. The second-order valence-electron chi connectivity index (χ2n) is 3.29. The number of hydrogen-bond acceptors (Lipinski definition) is 2. The summed E-state index contributed by atoms with van der Waals surface area (Å²) in [6, 6.07) is 12.2. The minimum atomic E-state index is 0.540. The van der Waals surface area contributed by atoms with E-state index in [1.807, 2.05) is 24.3 Å². The topological polar surface area (TPSA) is 35.2 Å². The Labute approximate surface area is 97.2 Å². The van der Waals surface area contributed by atoms with E-state index in [1.54, 1.807) is 0 Å². The summed E-state index contributed by atoms with van der Waals surface area (Å²) < 4.78 is 6.55. The van der Waals surface area contributed by atoms with Crippen LogP contribution in [0.2, 0.25) is 0 Å². The second kappa shape index (κ2) is 4.64. The Morgan fingerprint density at radius 1 is 1.07 bits per heavy atom. The van der Waals surface area contributed by atoms with Crippen LogP contribution < -0.4 is 10.5 Å². The fourth-order valence-electron chi connectivity index (χ4n) is 1.46. The van der Waals surface area contributed by atoms with Crippen LogP contribution in [0.15, 0.2) is 40.9 Å². The quantitative estimate of drug-likeness (QED) is 0.927. The van der Waals surface area contributed by atoms with Crippen LogP contribution in [0.3, 0.4) is 0 Å². The maximum absolute atomic E-state index is 5.46. The minimum Gasteiger partial charge on any atom is -0.492 e. The van der Waals surface area contributed by atoms with E-state index in [1.165, 1.54) is 10.8 Å². The Balaban J connectivity index is 2.34. The molecular formula is C12H12BrNO. The van der Waals surface area contributed by atoms with Crippen LogP contribution in [0.5, 0.6) is 5.75 Å². The van der Waals surface area contributed by atoms with Crippen molar-refractivity contribution in [2.24, 2.45) is 5.73 Å². The molecule has 0 amide bonds. The first-order valence-electron chi connectivity index (χ1n) is 4.82. The highest BCUT2D eigenvalue weighted by Gasteiger charge is 1.97. The van der Waals surface area contributed by atoms with Crippen LogP contribution in [0.1, 0.15) is 0 Å². The van der Waals surface area contributed by atoms with Crippen LogP contribution in [0.4, 0.5) is 0 Å². The van der Waals surface area contributed by atoms with Gasteiger partial charge in [-0.15, -0.1) is 0 Å². The number of hydrogen-bond donors (Lipinski definition) is 1. The van der Waals surface area contributed by atoms with Crippen LogP contribution in [-0.4, -0.2) is 13.2 Å². The average molecular weight is 266 g/mol. The minimum absolute atomic E-state index is 0.540. The molecule has 2 rings (SSSR count). The fraction of sp³-hybridized carbons (Fsp3) is 0.167. The lowest BCUT2D eigenvalue weighted by Gasteiger charge is -2.05. The largest absolute Gasteiger partial charge is 0.492 e. The van der Waals surface area contributed by atoms with E-state index in [2.05, 4.69) is 28.1 Å². The molecule has 0 atom stereocenters. The lowest BCUT2D eigenvalue weighted by atomic mass is 10.1. The van der Waals surface area contributed by atoms with Gasteiger partial charge >= 0.3 is 0 Å². The maximum atomic E-state index is 5.46. The molecule has 2 aromatic rings.